The van der Waals surface area contributed by atoms with Gasteiger partial charge in [0.05, 0.1) is 4.92 Å². The molecule has 2 N–H and O–H groups in total. The van der Waals surface area contributed by atoms with E-state index in [2.05, 4.69) is 0 Å². The third-order valence-corrected chi connectivity index (χ3v) is 5.86. The van der Waals surface area contributed by atoms with E-state index >= 15 is 0 Å². The van der Waals surface area contributed by atoms with Gasteiger partial charge in [0, 0.05) is 17.8 Å². The van der Waals surface area contributed by atoms with Crippen LogP contribution < -0.4 is 5.73 Å². The lowest BCUT2D eigenvalue weighted by molar-refractivity contribution is -0.385. The molecule has 4 aliphatic carbocycles. The Bertz CT molecular complexity index is 547. The Labute approximate surface area is 118 Å². The van der Waals surface area contributed by atoms with Crippen LogP contribution in [0.15, 0.2) is 18.2 Å². The van der Waals surface area contributed by atoms with E-state index in [1.165, 1.54) is 44.6 Å². The van der Waals surface area contributed by atoms with E-state index in [0.29, 0.717) is 0 Å². The first kappa shape index (κ1) is 12.2. The highest BCUT2D eigenvalue weighted by molar-refractivity contribution is 5.56. The minimum atomic E-state index is -0.302. The zero-order chi connectivity index (χ0) is 13.9. The maximum atomic E-state index is 11.1. The lowest BCUT2D eigenvalue weighted by Crippen LogP contribution is -2.48. The number of hydrogen-bond donors (Lipinski definition) is 1. The number of nitro benzene ring substituents is 1. The molecular weight excluding hydrogens is 252 g/mol. The van der Waals surface area contributed by atoms with Crippen LogP contribution in [0.4, 0.5) is 11.4 Å². The SMILES string of the molecule is Nc1ccc([N+](=O)[O-])cc1C12CC3CC(CC(C3)C1)C2. The van der Waals surface area contributed by atoms with Crippen molar-refractivity contribution in [3.8, 4) is 0 Å². The van der Waals surface area contributed by atoms with Gasteiger partial charge in [-0.25, -0.2) is 0 Å². The van der Waals surface area contributed by atoms with Gasteiger partial charge in [0.2, 0.25) is 0 Å². The molecule has 0 heterocycles. The van der Waals surface area contributed by atoms with Crippen molar-refractivity contribution in [3.63, 3.8) is 0 Å². The van der Waals surface area contributed by atoms with Crippen LogP contribution in [0.5, 0.6) is 0 Å². The average Bonchev–Trinajstić information content (AvgIpc) is 2.37. The first-order chi connectivity index (χ1) is 9.56. The molecule has 0 saturated heterocycles. The molecule has 0 aromatic heterocycles. The summed E-state index contributed by atoms with van der Waals surface area (Å²) in [6.45, 7) is 0. The van der Waals surface area contributed by atoms with Crippen LogP contribution >= 0.6 is 0 Å². The Morgan fingerprint density at radius 3 is 2.15 bits per heavy atom. The van der Waals surface area contributed by atoms with Crippen LogP contribution in [-0.4, -0.2) is 4.92 Å². The zero-order valence-corrected chi connectivity index (χ0v) is 11.5. The van der Waals surface area contributed by atoms with Crippen LogP contribution in [0.1, 0.15) is 44.1 Å². The second kappa shape index (κ2) is 3.96. The van der Waals surface area contributed by atoms with Gasteiger partial charge < -0.3 is 5.73 Å². The average molecular weight is 272 g/mol. The van der Waals surface area contributed by atoms with Crippen molar-refractivity contribution in [1.82, 2.24) is 0 Å². The zero-order valence-electron chi connectivity index (χ0n) is 11.5. The summed E-state index contributed by atoms with van der Waals surface area (Å²) >= 11 is 0. The largest absolute Gasteiger partial charge is 0.398 e. The molecule has 0 amide bonds. The van der Waals surface area contributed by atoms with Crippen molar-refractivity contribution in [2.24, 2.45) is 17.8 Å². The second-order valence-corrected chi connectivity index (χ2v) is 7.23. The normalized spacial score (nSPS) is 38.1. The van der Waals surface area contributed by atoms with Gasteiger partial charge >= 0.3 is 0 Å². The van der Waals surface area contributed by atoms with E-state index in [4.69, 9.17) is 5.73 Å². The van der Waals surface area contributed by atoms with Crippen LogP contribution in [0, 0.1) is 27.9 Å². The summed E-state index contributed by atoms with van der Waals surface area (Å²) in [6.07, 6.45) is 7.66. The molecular formula is C16H20N2O2. The quantitative estimate of drug-likeness (QED) is 0.507. The Morgan fingerprint density at radius 1 is 1.10 bits per heavy atom. The monoisotopic (exact) mass is 272 g/mol. The van der Waals surface area contributed by atoms with Crippen molar-refractivity contribution in [2.45, 2.75) is 43.9 Å². The molecule has 4 fully saturated rings. The van der Waals surface area contributed by atoms with Gasteiger partial charge in [-0.2, -0.15) is 0 Å². The van der Waals surface area contributed by atoms with Gasteiger partial charge in [0.25, 0.3) is 5.69 Å². The number of nitrogen functional groups attached to an aromatic ring is 1. The summed E-state index contributed by atoms with van der Waals surface area (Å²) in [5.41, 5.74) is 8.31. The summed E-state index contributed by atoms with van der Waals surface area (Å²) in [6, 6.07) is 5.01. The number of rotatable bonds is 2. The minimum absolute atomic E-state index is 0.130. The van der Waals surface area contributed by atoms with Gasteiger partial charge in [-0.05, 0) is 73.3 Å². The molecule has 106 valence electrons. The molecule has 4 nitrogen and oxygen atoms in total. The summed E-state index contributed by atoms with van der Waals surface area (Å²) in [5, 5.41) is 11.1. The van der Waals surface area contributed by atoms with E-state index in [1.54, 1.807) is 12.1 Å². The number of non-ortho nitro benzene ring substituents is 1. The number of anilines is 1. The molecule has 4 saturated carbocycles. The van der Waals surface area contributed by atoms with Crippen molar-refractivity contribution >= 4 is 11.4 Å². The summed E-state index contributed by atoms with van der Waals surface area (Å²) in [5.74, 6) is 2.46. The molecule has 4 heteroatoms. The maximum Gasteiger partial charge on any atom is 0.269 e. The standard InChI is InChI=1S/C16H20N2O2/c17-15-2-1-13(18(19)20)6-14(15)16-7-10-3-11(8-16)5-12(4-10)9-16/h1-2,6,10-12H,3-5,7-9,17H2. The first-order valence-electron chi connectivity index (χ1n) is 7.60. The van der Waals surface area contributed by atoms with Gasteiger partial charge in [-0.15, -0.1) is 0 Å². The van der Waals surface area contributed by atoms with E-state index < -0.39 is 0 Å². The van der Waals surface area contributed by atoms with Crippen molar-refractivity contribution in [2.75, 3.05) is 5.73 Å². The summed E-state index contributed by atoms with van der Waals surface area (Å²) in [7, 11) is 0. The highest BCUT2D eigenvalue weighted by Gasteiger charge is 2.52. The molecule has 4 bridgehead atoms. The fraction of sp³-hybridized carbons (Fsp3) is 0.625. The van der Waals surface area contributed by atoms with Crippen molar-refractivity contribution in [3.05, 3.63) is 33.9 Å². The van der Waals surface area contributed by atoms with Crippen LogP contribution in [-0.2, 0) is 5.41 Å². The number of hydrogen-bond acceptors (Lipinski definition) is 3. The van der Waals surface area contributed by atoms with Gasteiger partial charge in [0.15, 0.2) is 0 Å². The topological polar surface area (TPSA) is 69.2 Å². The molecule has 0 radical (unpaired) electrons. The van der Waals surface area contributed by atoms with E-state index in [9.17, 15) is 10.1 Å². The molecule has 0 aliphatic heterocycles. The fourth-order valence-electron chi connectivity index (χ4n) is 5.56. The summed E-state index contributed by atoms with van der Waals surface area (Å²) in [4.78, 5) is 10.8. The molecule has 1 aromatic carbocycles. The van der Waals surface area contributed by atoms with Crippen molar-refractivity contribution < 1.29 is 4.92 Å². The second-order valence-electron chi connectivity index (χ2n) is 7.23. The molecule has 1 aromatic rings. The predicted octanol–water partition coefficient (Wildman–Crippen LogP) is 3.64. The highest BCUT2D eigenvalue weighted by atomic mass is 16.6. The Kier molecular flexibility index (Phi) is 2.41. The number of benzene rings is 1. The minimum Gasteiger partial charge on any atom is -0.398 e. The van der Waals surface area contributed by atoms with Gasteiger partial charge in [0.1, 0.15) is 0 Å². The Balaban J connectivity index is 1.80. The van der Waals surface area contributed by atoms with Crippen molar-refractivity contribution in [1.29, 1.82) is 0 Å². The third-order valence-electron chi connectivity index (χ3n) is 5.86. The highest BCUT2D eigenvalue weighted by Crippen LogP contribution is 2.61. The van der Waals surface area contributed by atoms with E-state index in [-0.39, 0.29) is 16.0 Å². The smallest absolute Gasteiger partial charge is 0.269 e. The molecule has 0 unspecified atom stereocenters. The van der Waals surface area contributed by atoms with Gasteiger partial charge in [-0.3, -0.25) is 10.1 Å². The van der Waals surface area contributed by atoms with E-state index in [1.807, 2.05) is 0 Å². The number of nitrogens with two attached hydrogens (primary N) is 1. The first-order valence-corrected chi connectivity index (χ1v) is 7.60. The predicted molar refractivity (Wildman–Crippen MR) is 77.4 cm³/mol. The number of nitrogens with zero attached hydrogens (tertiary/aromatic N) is 1. The Hall–Kier alpha value is -1.58. The molecule has 0 atom stereocenters. The van der Waals surface area contributed by atoms with Crippen LogP contribution in [0.3, 0.4) is 0 Å². The third kappa shape index (κ3) is 1.67. The lowest BCUT2D eigenvalue weighted by atomic mass is 9.48. The van der Waals surface area contributed by atoms with E-state index in [0.717, 1.165) is 29.0 Å². The van der Waals surface area contributed by atoms with Gasteiger partial charge in [-0.1, -0.05) is 0 Å². The lowest BCUT2D eigenvalue weighted by Gasteiger charge is -2.57. The fourth-order valence-corrected chi connectivity index (χ4v) is 5.56. The molecule has 20 heavy (non-hydrogen) atoms. The Morgan fingerprint density at radius 2 is 1.65 bits per heavy atom. The molecule has 5 rings (SSSR count). The summed E-state index contributed by atoms with van der Waals surface area (Å²) < 4.78 is 0. The maximum absolute atomic E-state index is 11.1. The van der Waals surface area contributed by atoms with Crippen LogP contribution in [0.2, 0.25) is 0 Å². The van der Waals surface area contributed by atoms with Crippen LogP contribution in [0.25, 0.3) is 0 Å². The number of nitro groups is 1. The molecule has 0 spiro atoms. The molecule has 4 aliphatic rings.